The van der Waals surface area contributed by atoms with E-state index in [1.807, 2.05) is 31.2 Å². The van der Waals surface area contributed by atoms with Crippen LogP contribution in [0, 0.1) is 5.92 Å². The van der Waals surface area contributed by atoms with E-state index in [4.69, 9.17) is 4.74 Å². The van der Waals surface area contributed by atoms with Gasteiger partial charge in [0.05, 0.1) is 12.6 Å². The summed E-state index contributed by atoms with van der Waals surface area (Å²) < 4.78 is 5.71. The number of guanidine groups is 1. The zero-order valence-electron chi connectivity index (χ0n) is 16.3. The van der Waals surface area contributed by atoms with Gasteiger partial charge >= 0.3 is 0 Å². The maximum absolute atomic E-state index is 11.7. The van der Waals surface area contributed by atoms with Crippen molar-refractivity contribution in [2.75, 3.05) is 33.8 Å². The van der Waals surface area contributed by atoms with E-state index < -0.39 is 0 Å². The molecule has 140 valence electrons. The Balaban J connectivity index is 2.68. The molecule has 0 saturated carbocycles. The largest absolute Gasteiger partial charge is 0.493 e. The molecule has 0 fully saturated rings. The fraction of sp³-hybridized carbons (Fsp3) is 0.579. The second-order valence-corrected chi connectivity index (χ2v) is 6.62. The third kappa shape index (κ3) is 7.92. The number of likely N-dealkylation sites (N-methyl/N-ethyl adjacent to an activating group) is 1. The minimum Gasteiger partial charge on any atom is -0.493 e. The summed E-state index contributed by atoms with van der Waals surface area (Å²) in [6, 6.07) is 8.11. The average molecular weight is 348 g/mol. The Kier molecular flexibility index (Phi) is 8.81. The van der Waals surface area contributed by atoms with Gasteiger partial charge in [-0.3, -0.25) is 4.79 Å². The van der Waals surface area contributed by atoms with E-state index in [9.17, 15) is 4.79 Å². The first-order valence-corrected chi connectivity index (χ1v) is 8.81. The standard InChI is InChI=1S/C19H32N4O2/c1-7-20-19(21-12-18(24)23(5)6)22-15(4)16-8-10-17(11-9-16)25-13-14(2)3/h8-11,14-15H,7,12-13H2,1-6H3,(H2,20,21,22). The summed E-state index contributed by atoms with van der Waals surface area (Å²) >= 11 is 0. The maximum Gasteiger partial charge on any atom is 0.243 e. The zero-order valence-corrected chi connectivity index (χ0v) is 16.3. The van der Waals surface area contributed by atoms with E-state index in [1.54, 1.807) is 14.1 Å². The number of rotatable bonds is 8. The van der Waals surface area contributed by atoms with Crippen molar-refractivity contribution in [1.29, 1.82) is 0 Å². The highest BCUT2D eigenvalue weighted by atomic mass is 16.5. The predicted octanol–water partition coefficient (Wildman–Crippen LogP) is 2.43. The summed E-state index contributed by atoms with van der Waals surface area (Å²) in [6.07, 6.45) is 0. The number of amides is 1. The Morgan fingerprint density at radius 1 is 1.20 bits per heavy atom. The number of nitrogens with zero attached hydrogens (tertiary/aromatic N) is 2. The van der Waals surface area contributed by atoms with Gasteiger partial charge in [-0.1, -0.05) is 26.0 Å². The van der Waals surface area contributed by atoms with Crippen LogP contribution < -0.4 is 15.4 Å². The molecule has 1 amide bonds. The molecule has 1 unspecified atom stereocenters. The molecule has 0 radical (unpaired) electrons. The number of ether oxygens (including phenoxy) is 1. The molecule has 0 heterocycles. The highest BCUT2D eigenvalue weighted by Crippen LogP contribution is 2.18. The summed E-state index contributed by atoms with van der Waals surface area (Å²) in [5.74, 6) is 1.98. The number of hydrogen-bond acceptors (Lipinski definition) is 3. The Morgan fingerprint density at radius 3 is 2.36 bits per heavy atom. The van der Waals surface area contributed by atoms with Crippen LogP contribution >= 0.6 is 0 Å². The first kappa shape index (κ1) is 20.8. The molecule has 1 rings (SSSR count). The Bertz CT molecular complexity index is 553. The Labute approximate surface area is 151 Å². The summed E-state index contributed by atoms with van der Waals surface area (Å²) in [6.45, 7) is 9.88. The second-order valence-electron chi connectivity index (χ2n) is 6.62. The Morgan fingerprint density at radius 2 is 1.84 bits per heavy atom. The molecule has 0 aliphatic rings. The van der Waals surface area contributed by atoms with Crippen molar-refractivity contribution in [3.8, 4) is 5.75 Å². The minimum absolute atomic E-state index is 0.0310. The smallest absolute Gasteiger partial charge is 0.243 e. The van der Waals surface area contributed by atoms with Gasteiger partial charge < -0.3 is 20.3 Å². The molecule has 6 heteroatoms. The molecule has 0 spiro atoms. The molecule has 0 aliphatic carbocycles. The van der Waals surface area contributed by atoms with Gasteiger partial charge in [-0.2, -0.15) is 0 Å². The number of carbonyl (C=O) groups is 1. The van der Waals surface area contributed by atoms with Gasteiger partial charge in [-0.15, -0.1) is 0 Å². The molecule has 1 atom stereocenters. The van der Waals surface area contributed by atoms with Gasteiger partial charge in [-0.25, -0.2) is 4.99 Å². The number of benzene rings is 1. The first-order chi connectivity index (χ1) is 11.8. The number of nitrogens with one attached hydrogen (secondary N) is 2. The van der Waals surface area contributed by atoms with Gasteiger partial charge in [0.1, 0.15) is 12.3 Å². The lowest BCUT2D eigenvalue weighted by molar-refractivity contribution is -0.127. The molecule has 1 aromatic rings. The number of carbonyl (C=O) groups excluding carboxylic acids is 1. The Hall–Kier alpha value is -2.24. The highest BCUT2D eigenvalue weighted by molar-refractivity contribution is 5.85. The topological polar surface area (TPSA) is 66.0 Å². The lowest BCUT2D eigenvalue weighted by Gasteiger charge is -2.19. The molecule has 2 N–H and O–H groups in total. The average Bonchev–Trinajstić information content (AvgIpc) is 2.57. The van der Waals surface area contributed by atoms with Crippen LogP contribution in [0.2, 0.25) is 0 Å². The van der Waals surface area contributed by atoms with Crippen molar-refractivity contribution in [3.05, 3.63) is 29.8 Å². The monoisotopic (exact) mass is 348 g/mol. The summed E-state index contributed by atoms with van der Waals surface area (Å²) in [4.78, 5) is 17.6. The van der Waals surface area contributed by atoms with Crippen molar-refractivity contribution >= 4 is 11.9 Å². The van der Waals surface area contributed by atoms with Crippen LogP contribution in [-0.2, 0) is 4.79 Å². The van der Waals surface area contributed by atoms with Gasteiger partial charge in [0.15, 0.2) is 5.96 Å². The third-order valence-electron chi connectivity index (χ3n) is 3.53. The van der Waals surface area contributed by atoms with Crippen LogP contribution in [0.15, 0.2) is 29.3 Å². The van der Waals surface area contributed by atoms with Crippen LogP contribution in [0.1, 0.15) is 39.3 Å². The second kappa shape index (κ2) is 10.6. The summed E-state index contributed by atoms with van der Waals surface area (Å²) in [5.41, 5.74) is 1.13. The molecule has 1 aromatic carbocycles. The fourth-order valence-electron chi connectivity index (χ4n) is 2.01. The fourth-order valence-corrected chi connectivity index (χ4v) is 2.01. The van der Waals surface area contributed by atoms with Gasteiger partial charge in [0.2, 0.25) is 5.91 Å². The summed E-state index contributed by atoms with van der Waals surface area (Å²) in [7, 11) is 3.45. The van der Waals surface area contributed by atoms with Gasteiger partial charge in [-0.05, 0) is 37.5 Å². The van der Waals surface area contributed by atoms with E-state index in [0.717, 1.165) is 17.9 Å². The van der Waals surface area contributed by atoms with E-state index in [1.165, 1.54) is 4.90 Å². The van der Waals surface area contributed by atoms with E-state index in [-0.39, 0.29) is 18.5 Å². The van der Waals surface area contributed by atoms with Crippen LogP contribution in [0.25, 0.3) is 0 Å². The van der Waals surface area contributed by atoms with Crippen LogP contribution in [0.4, 0.5) is 0 Å². The maximum atomic E-state index is 11.7. The first-order valence-electron chi connectivity index (χ1n) is 8.81. The number of hydrogen-bond donors (Lipinski definition) is 2. The zero-order chi connectivity index (χ0) is 18.8. The normalized spacial score (nSPS) is 12.7. The molecule has 0 bridgehead atoms. The SMILES string of the molecule is CCNC(=NCC(=O)N(C)C)NC(C)c1ccc(OCC(C)C)cc1. The van der Waals surface area contributed by atoms with Crippen molar-refractivity contribution in [1.82, 2.24) is 15.5 Å². The van der Waals surface area contributed by atoms with Crippen molar-refractivity contribution < 1.29 is 9.53 Å². The van der Waals surface area contributed by atoms with Crippen molar-refractivity contribution in [2.24, 2.45) is 10.9 Å². The molecule has 6 nitrogen and oxygen atoms in total. The quantitative estimate of drug-likeness (QED) is 0.559. The molecule has 25 heavy (non-hydrogen) atoms. The molecule has 0 aliphatic heterocycles. The van der Waals surface area contributed by atoms with E-state index in [0.29, 0.717) is 18.5 Å². The highest BCUT2D eigenvalue weighted by Gasteiger charge is 2.09. The van der Waals surface area contributed by atoms with Gasteiger partial charge in [0.25, 0.3) is 0 Å². The predicted molar refractivity (Wildman–Crippen MR) is 103 cm³/mol. The molecule has 0 saturated heterocycles. The van der Waals surface area contributed by atoms with Crippen LogP contribution in [0.5, 0.6) is 5.75 Å². The molecular formula is C19H32N4O2. The van der Waals surface area contributed by atoms with Crippen LogP contribution in [-0.4, -0.2) is 50.6 Å². The molecule has 0 aromatic heterocycles. The lowest BCUT2D eigenvalue weighted by atomic mass is 10.1. The minimum atomic E-state index is -0.0310. The van der Waals surface area contributed by atoms with E-state index >= 15 is 0 Å². The van der Waals surface area contributed by atoms with Crippen molar-refractivity contribution in [2.45, 2.75) is 33.7 Å². The molecular weight excluding hydrogens is 316 g/mol. The van der Waals surface area contributed by atoms with Crippen molar-refractivity contribution in [3.63, 3.8) is 0 Å². The third-order valence-corrected chi connectivity index (χ3v) is 3.53. The number of aliphatic imine (C=N–C) groups is 1. The lowest BCUT2D eigenvalue weighted by Crippen LogP contribution is -2.39. The van der Waals surface area contributed by atoms with Crippen LogP contribution in [0.3, 0.4) is 0 Å². The van der Waals surface area contributed by atoms with E-state index in [2.05, 4.69) is 36.4 Å². The summed E-state index contributed by atoms with van der Waals surface area (Å²) in [5, 5.41) is 6.49. The van der Waals surface area contributed by atoms with Gasteiger partial charge in [0, 0.05) is 20.6 Å².